The first-order chi connectivity index (χ1) is 9.20. The van der Waals surface area contributed by atoms with Crippen LogP contribution < -0.4 is 5.32 Å². The van der Waals surface area contributed by atoms with Gasteiger partial charge in [0.15, 0.2) is 0 Å². The van der Waals surface area contributed by atoms with E-state index in [9.17, 15) is 9.90 Å². The third-order valence-corrected chi connectivity index (χ3v) is 3.62. The molecule has 5 heteroatoms. The van der Waals surface area contributed by atoms with Crippen LogP contribution in [0.1, 0.15) is 24.8 Å². The van der Waals surface area contributed by atoms with E-state index in [4.69, 9.17) is 4.74 Å². The van der Waals surface area contributed by atoms with E-state index in [0.717, 1.165) is 5.56 Å². The van der Waals surface area contributed by atoms with Gasteiger partial charge in [-0.1, -0.05) is 6.07 Å². The lowest BCUT2D eigenvalue weighted by atomic mass is 9.84. The molecule has 1 aromatic heterocycles. The largest absolute Gasteiger partial charge is 0.390 e. The average Bonchev–Trinajstić information content (AvgIpc) is 2.46. The Kier molecular flexibility index (Phi) is 4.87. The maximum atomic E-state index is 12.1. The Morgan fingerprint density at radius 3 is 3.11 bits per heavy atom. The number of pyridine rings is 1. The van der Waals surface area contributed by atoms with Gasteiger partial charge >= 0.3 is 0 Å². The molecule has 19 heavy (non-hydrogen) atoms. The van der Waals surface area contributed by atoms with Gasteiger partial charge in [0.1, 0.15) is 0 Å². The average molecular weight is 264 g/mol. The molecule has 104 valence electrons. The van der Waals surface area contributed by atoms with Crippen molar-refractivity contribution in [3.05, 3.63) is 30.1 Å². The van der Waals surface area contributed by atoms with Crippen LogP contribution in [0.3, 0.4) is 0 Å². The minimum absolute atomic E-state index is 0.0257. The van der Waals surface area contributed by atoms with Gasteiger partial charge in [-0.2, -0.15) is 0 Å². The van der Waals surface area contributed by atoms with Crippen LogP contribution in [-0.4, -0.2) is 35.3 Å². The van der Waals surface area contributed by atoms with Crippen molar-refractivity contribution in [3.63, 3.8) is 0 Å². The molecule has 0 spiro atoms. The standard InChI is InChI=1S/C14H20N2O3/c1-19-13-7-11(4-5-12(13)17)14(18)16-9-10-3-2-6-15-8-10/h2-3,6,8,11-13,17H,4-5,7,9H2,1H3,(H,16,18)/t11-,12+,13-/m1/s1. The zero-order chi connectivity index (χ0) is 13.7. The maximum absolute atomic E-state index is 12.1. The van der Waals surface area contributed by atoms with E-state index in [2.05, 4.69) is 10.3 Å². The Morgan fingerprint density at radius 2 is 2.42 bits per heavy atom. The molecule has 0 radical (unpaired) electrons. The number of nitrogens with one attached hydrogen (secondary N) is 1. The summed E-state index contributed by atoms with van der Waals surface area (Å²) in [4.78, 5) is 16.1. The van der Waals surface area contributed by atoms with Crippen molar-refractivity contribution in [1.82, 2.24) is 10.3 Å². The Morgan fingerprint density at radius 1 is 1.58 bits per heavy atom. The number of carbonyl (C=O) groups excluding carboxylic acids is 1. The number of rotatable bonds is 4. The van der Waals surface area contributed by atoms with Crippen molar-refractivity contribution in [2.24, 2.45) is 5.92 Å². The maximum Gasteiger partial charge on any atom is 0.223 e. The van der Waals surface area contributed by atoms with E-state index >= 15 is 0 Å². The fourth-order valence-corrected chi connectivity index (χ4v) is 2.44. The summed E-state index contributed by atoms with van der Waals surface area (Å²) in [7, 11) is 1.57. The number of aromatic nitrogens is 1. The number of aliphatic hydroxyl groups excluding tert-OH is 1. The Balaban J connectivity index is 1.83. The van der Waals surface area contributed by atoms with Gasteiger partial charge in [0.25, 0.3) is 0 Å². The number of methoxy groups -OCH3 is 1. The third-order valence-electron chi connectivity index (χ3n) is 3.62. The lowest BCUT2D eigenvalue weighted by Gasteiger charge is -2.31. The monoisotopic (exact) mass is 264 g/mol. The summed E-state index contributed by atoms with van der Waals surface area (Å²) < 4.78 is 5.21. The van der Waals surface area contributed by atoms with E-state index in [-0.39, 0.29) is 17.9 Å². The number of hydrogen-bond donors (Lipinski definition) is 2. The molecule has 2 rings (SSSR count). The second-order valence-electron chi connectivity index (χ2n) is 4.93. The van der Waals surface area contributed by atoms with Gasteiger partial charge in [-0.05, 0) is 30.9 Å². The first-order valence-electron chi connectivity index (χ1n) is 6.58. The molecule has 0 bridgehead atoms. The zero-order valence-corrected chi connectivity index (χ0v) is 11.1. The molecule has 1 aliphatic rings. The van der Waals surface area contributed by atoms with Gasteiger partial charge in [-0.3, -0.25) is 9.78 Å². The second-order valence-corrected chi connectivity index (χ2v) is 4.93. The molecule has 0 saturated heterocycles. The van der Waals surface area contributed by atoms with Crippen molar-refractivity contribution < 1.29 is 14.6 Å². The summed E-state index contributed by atoms with van der Waals surface area (Å²) in [6, 6.07) is 3.77. The molecule has 5 nitrogen and oxygen atoms in total. The topological polar surface area (TPSA) is 71.5 Å². The quantitative estimate of drug-likeness (QED) is 0.846. The molecule has 1 heterocycles. The Labute approximate surface area is 113 Å². The summed E-state index contributed by atoms with van der Waals surface area (Å²) >= 11 is 0. The number of hydrogen-bond acceptors (Lipinski definition) is 4. The summed E-state index contributed by atoms with van der Waals surface area (Å²) in [6.07, 6.45) is 4.66. The molecule has 3 atom stereocenters. The highest BCUT2D eigenvalue weighted by Gasteiger charge is 2.32. The van der Waals surface area contributed by atoms with Crippen molar-refractivity contribution in [2.75, 3.05) is 7.11 Å². The highest BCUT2D eigenvalue weighted by atomic mass is 16.5. The van der Waals surface area contributed by atoms with Gasteiger partial charge in [-0.15, -0.1) is 0 Å². The minimum atomic E-state index is -0.452. The normalized spacial score (nSPS) is 26.9. The van der Waals surface area contributed by atoms with Crippen molar-refractivity contribution in [3.8, 4) is 0 Å². The van der Waals surface area contributed by atoms with Crippen LogP contribution >= 0.6 is 0 Å². The highest BCUT2D eigenvalue weighted by Crippen LogP contribution is 2.26. The van der Waals surface area contributed by atoms with Gasteiger partial charge in [0.2, 0.25) is 5.91 Å². The van der Waals surface area contributed by atoms with Crippen LogP contribution in [0.5, 0.6) is 0 Å². The van der Waals surface area contributed by atoms with Crippen LogP contribution in [0.25, 0.3) is 0 Å². The molecular weight excluding hydrogens is 244 g/mol. The summed E-state index contributed by atoms with van der Waals surface area (Å²) in [5.74, 6) is -0.0529. The second kappa shape index (κ2) is 6.63. The number of ether oxygens (including phenoxy) is 1. The van der Waals surface area contributed by atoms with Crippen molar-refractivity contribution in [2.45, 2.75) is 38.0 Å². The minimum Gasteiger partial charge on any atom is -0.390 e. The van der Waals surface area contributed by atoms with Gasteiger partial charge in [0.05, 0.1) is 12.2 Å². The summed E-state index contributed by atoms with van der Waals surface area (Å²) in [5, 5.41) is 12.6. The predicted octanol–water partition coefficient (Wildman–Crippen LogP) is 0.874. The van der Waals surface area contributed by atoms with E-state index in [1.807, 2.05) is 12.1 Å². The molecule has 0 aromatic carbocycles. The molecule has 0 unspecified atom stereocenters. The SMILES string of the molecule is CO[C@@H]1C[C@H](C(=O)NCc2cccnc2)CC[C@@H]1O. The van der Waals surface area contributed by atoms with Crippen LogP contribution in [0, 0.1) is 5.92 Å². The molecule has 1 fully saturated rings. The Bertz CT molecular complexity index is 410. The third kappa shape index (κ3) is 3.75. The van der Waals surface area contributed by atoms with Crippen molar-refractivity contribution >= 4 is 5.91 Å². The zero-order valence-electron chi connectivity index (χ0n) is 11.1. The number of amides is 1. The first-order valence-corrected chi connectivity index (χ1v) is 6.58. The first kappa shape index (κ1) is 14.0. The Hall–Kier alpha value is -1.46. The molecule has 1 aliphatic carbocycles. The summed E-state index contributed by atoms with van der Waals surface area (Å²) in [6.45, 7) is 0.489. The van der Waals surface area contributed by atoms with E-state index in [1.165, 1.54) is 0 Å². The van der Waals surface area contributed by atoms with E-state index < -0.39 is 6.10 Å². The van der Waals surface area contributed by atoms with Crippen LogP contribution in [0.4, 0.5) is 0 Å². The van der Waals surface area contributed by atoms with Gasteiger partial charge in [0, 0.05) is 32.0 Å². The van der Waals surface area contributed by atoms with Crippen LogP contribution in [0.15, 0.2) is 24.5 Å². The van der Waals surface area contributed by atoms with Crippen LogP contribution in [0.2, 0.25) is 0 Å². The number of carbonyl (C=O) groups is 1. The molecule has 2 N–H and O–H groups in total. The smallest absolute Gasteiger partial charge is 0.223 e. The fraction of sp³-hybridized carbons (Fsp3) is 0.571. The molecule has 1 amide bonds. The molecule has 1 aromatic rings. The van der Waals surface area contributed by atoms with E-state index in [1.54, 1.807) is 19.5 Å². The lowest BCUT2D eigenvalue weighted by molar-refractivity contribution is -0.130. The van der Waals surface area contributed by atoms with Gasteiger partial charge in [-0.25, -0.2) is 0 Å². The highest BCUT2D eigenvalue weighted by molar-refractivity contribution is 5.78. The fourth-order valence-electron chi connectivity index (χ4n) is 2.44. The van der Waals surface area contributed by atoms with Crippen molar-refractivity contribution in [1.29, 1.82) is 0 Å². The van der Waals surface area contributed by atoms with Crippen LogP contribution in [-0.2, 0) is 16.1 Å². The molecular formula is C14H20N2O3. The molecule has 0 aliphatic heterocycles. The number of nitrogens with zero attached hydrogens (tertiary/aromatic N) is 1. The predicted molar refractivity (Wildman–Crippen MR) is 70.2 cm³/mol. The summed E-state index contributed by atoms with van der Waals surface area (Å²) in [5.41, 5.74) is 0.981. The lowest BCUT2D eigenvalue weighted by Crippen LogP contribution is -2.41. The van der Waals surface area contributed by atoms with Gasteiger partial charge < -0.3 is 15.2 Å². The van der Waals surface area contributed by atoms with E-state index in [0.29, 0.717) is 25.8 Å². The molecule has 1 saturated carbocycles. The number of aliphatic hydroxyl groups is 1.